The van der Waals surface area contributed by atoms with Crippen molar-refractivity contribution in [3.05, 3.63) is 64.4 Å². The van der Waals surface area contributed by atoms with Crippen LogP contribution >= 0.6 is 27.7 Å². The van der Waals surface area contributed by atoms with E-state index in [1.807, 2.05) is 24.3 Å². The normalized spacial score (nSPS) is 10.8. The molecule has 6 nitrogen and oxygen atoms in total. The number of nitrogen functional groups attached to an aromatic ring is 1. The summed E-state index contributed by atoms with van der Waals surface area (Å²) in [6.45, 7) is 0.497. The Hall–Kier alpha value is -2.39. The van der Waals surface area contributed by atoms with Crippen LogP contribution in [0.4, 0.5) is 4.39 Å². The fraction of sp³-hybridized carbons (Fsp3) is 0.167. The van der Waals surface area contributed by atoms with Gasteiger partial charge >= 0.3 is 0 Å². The van der Waals surface area contributed by atoms with E-state index in [2.05, 4.69) is 26.1 Å². The highest BCUT2D eigenvalue weighted by atomic mass is 79.9. The minimum Gasteiger partial charge on any atom is -0.341 e. The molecule has 2 aromatic carbocycles. The van der Waals surface area contributed by atoms with Gasteiger partial charge in [0.25, 0.3) is 0 Å². The Morgan fingerprint density at radius 3 is 2.63 bits per heavy atom. The summed E-state index contributed by atoms with van der Waals surface area (Å²) < 4.78 is 15.3. The lowest BCUT2D eigenvalue weighted by Gasteiger charge is -2.17. The van der Waals surface area contributed by atoms with E-state index in [9.17, 15) is 9.18 Å². The predicted molar refractivity (Wildman–Crippen MR) is 107 cm³/mol. The Balaban J connectivity index is 1.62. The van der Waals surface area contributed by atoms with Crippen LogP contribution < -0.4 is 5.84 Å². The van der Waals surface area contributed by atoms with Gasteiger partial charge in [0.15, 0.2) is 5.82 Å². The molecular weight excluding hydrogens is 433 g/mol. The largest absolute Gasteiger partial charge is 0.341 e. The predicted octanol–water partition coefficient (Wildman–Crippen LogP) is 3.31. The van der Waals surface area contributed by atoms with E-state index in [1.54, 1.807) is 24.1 Å². The van der Waals surface area contributed by atoms with Gasteiger partial charge in [0, 0.05) is 23.6 Å². The number of amides is 1. The van der Waals surface area contributed by atoms with Gasteiger partial charge in [-0.15, -0.1) is 10.2 Å². The van der Waals surface area contributed by atoms with Crippen molar-refractivity contribution in [1.29, 1.82) is 0 Å². The van der Waals surface area contributed by atoms with Crippen molar-refractivity contribution in [1.82, 2.24) is 19.8 Å². The Labute approximate surface area is 168 Å². The third-order valence-electron chi connectivity index (χ3n) is 3.88. The van der Waals surface area contributed by atoms with Gasteiger partial charge in [0.1, 0.15) is 5.82 Å². The number of halogens is 2. The van der Waals surface area contributed by atoms with Crippen LogP contribution in [0.25, 0.3) is 11.4 Å². The van der Waals surface area contributed by atoms with Gasteiger partial charge in [-0.1, -0.05) is 45.9 Å². The van der Waals surface area contributed by atoms with E-state index in [4.69, 9.17) is 5.84 Å². The minimum atomic E-state index is -0.338. The first kappa shape index (κ1) is 19.4. The van der Waals surface area contributed by atoms with Crippen molar-refractivity contribution < 1.29 is 9.18 Å². The Morgan fingerprint density at radius 2 is 1.93 bits per heavy atom. The number of hydrogen-bond donors (Lipinski definition) is 1. The maximum absolute atomic E-state index is 13.1. The lowest BCUT2D eigenvalue weighted by atomic mass is 10.2. The van der Waals surface area contributed by atoms with Crippen LogP contribution in [0.1, 0.15) is 5.56 Å². The highest BCUT2D eigenvalue weighted by molar-refractivity contribution is 9.10. The second kappa shape index (κ2) is 8.53. The number of benzene rings is 2. The van der Waals surface area contributed by atoms with Crippen molar-refractivity contribution in [2.75, 3.05) is 18.6 Å². The number of hydrogen-bond acceptors (Lipinski definition) is 5. The van der Waals surface area contributed by atoms with E-state index < -0.39 is 0 Å². The number of nitrogens with zero attached hydrogens (tertiary/aromatic N) is 4. The monoisotopic (exact) mass is 449 g/mol. The van der Waals surface area contributed by atoms with Gasteiger partial charge in [-0.25, -0.2) is 9.07 Å². The van der Waals surface area contributed by atoms with Crippen molar-refractivity contribution >= 4 is 33.6 Å². The van der Waals surface area contributed by atoms with Crippen molar-refractivity contribution in [2.24, 2.45) is 0 Å². The van der Waals surface area contributed by atoms with Crippen LogP contribution in [-0.2, 0) is 11.3 Å². The number of rotatable bonds is 6. The summed E-state index contributed by atoms with van der Waals surface area (Å²) in [7, 11) is 1.75. The fourth-order valence-corrected chi connectivity index (χ4v) is 3.59. The van der Waals surface area contributed by atoms with E-state index in [0.717, 1.165) is 10.0 Å². The molecule has 0 saturated carbocycles. The van der Waals surface area contributed by atoms with Crippen LogP contribution in [0, 0.1) is 5.82 Å². The van der Waals surface area contributed by atoms with Crippen molar-refractivity contribution in [2.45, 2.75) is 11.7 Å². The molecule has 3 rings (SSSR count). The molecule has 0 atom stereocenters. The van der Waals surface area contributed by atoms with Gasteiger partial charge in [-0.3, -0.25) is 4.79 Å². The topological polar surface area (TPSA) is 77.0 Å². The average molecular weight is 450 g/mol. The zero-order valence-electron chi connectivity index (χ0n) is 14.5. The molecule has 9 heteroatoms. The van der Waals surface area contributed by atoms with Gasteiger partial charge in [0.2, 0.25) is 11.1 Å². The fourth-order valence-electron chi connectivity index (χ4n) is 2.38. The molecule has 3 aromatic rings. The van der Waals surface area contributed by atoms with Crippen LogP contribution in [0.5, 0.6) is 0 Å². The molecular formula is C18H17BrFN5OS. The lowest BCUT2D eigenvalue weighted by molar-refractivity contribution is -0.127. The molecule has 0 aliphatic carbocycles. The van der Waals surface area contributed by atoms with Crippen LogP contribution in [0.3, 0.4) is 0 Å². The number of aromatic nitrogens is 3. The van der Waals surface area contributed by atoms with Gasteiger partial charge < -0.3 is 10.7 Å². The SMILES string of the molecule is CN(Cc1ccccc1Br)C(=O)CSc1nnc(-c2ccc(F)cc2)n1N. The van der Waals surface area contributed by atoms with Gasteiger partial charge in [0.05, 0.1) is 5.75 Å². The number of nitrogens with two attached hydrogens (primary N) is 1. The molecule has 0 radical (unpaired) electrons. The lowest BCUT2D eigenvalue weighted by Crippen LogP contribution is -2.28. The molecule has 0 saturated heterocycles. The Kier molecular flexibility index (Phi) is 6.12. The highest BCUT2D eigenvalue weighted by Crippen LogP contribution is 2.22. The van der Waals surface area contributed by atoms with Crippen LogP contribution in [0.15, 0.2) is 58.2 Å². The van der Waals surface area contributed by atoms with Crippen LogP contribution in [-0.4, -0.2) is 38.5 Å². The van der Waals surface area contributed by atoms with E-state index in [1.165, 1.54) is 28.6 Å². The third-order valence-corrected chi connectivity index (χ3v) is 5.58. The molecule has 140 valence electrons. The quantitative estimate of drug-likeness (QED) is 0.461. The summed E-state index contributed by atoms with van der Waals surface area (Å²) in [5.74, 6) is 6.22. The minimum absolute atomic E-state index is 0.0536. The van der Waals surface area contributed by atoms with Gasteiger partial charge in [-0.05, 0) is 35.9 Å². The highest BCUT2D eigenvalue weighted by Gasteiger charge is 2.16. The summed E-state index contributed by atoms with van der Waals surface area (Å²) >= 11 is 4.69. The van der Waals surface area contributed by atoms with E-state index >= 15 is 0 Å². The Morgan fingerprint density at radius 1 is 1.22 bits per heavy atom. The molecule has 1 amide bonds. The molecule has 0 bridgehead atoms. The van der Waals surface area contributed by atoms with Crippen molar-refractivity contribution in [3.8, 4) is 11.4 Å². The summed E-state index contributed by atoms with van der Waals surface area (Å²) in [6, 6.07) is 13.6. The molecule has 0 spiro atoms. The number of carbonyl (C=O) groups is 1. The zero-order chi connectivity index (χ0) is 19.4. The van der Waals surface area contributed by atoms with Crippen LogP contribution in [0.2, 0.25) is 0 Å². The maximum Gasteiger partial charge on any atom is 0.233 e. The third kappa shape index (κ3) is 4.67. The average Bonchev–Trinajstić information content (AvgIpc) is 3.03. The van der Waals surface area contributed by atoms with E-state index in [0.29, 0.717) is 23.1 Å². The first-order chi connectivity index (χ1) is 13.0. The molecule has 0 aliphatic rings. The second-order valence-electron chi connectivity index (χ2n) is 5.81. The smallest absolute Gasteiger partial charge is 0.233 e. The zero-order valence-corrected chi connectivity index (χ0v) is 16.9. The molecule has 2 N–H and O–H groups in total. The van der Waals surface area contributed by atoms with Crippen molar-refractivity contribution in [3.63, 3.8) is 0 Å². The molecule has 0 aliphatic heterocycles. The molecule has 0 fully saturated rings. The van der Waals surface area contributed by atoms with E-state index in [-0.39, 0.29) is 17.5 Å². The summed E-state index contributed by atoms with van der Waals surface area (Å²) in [5, 5.41) is 8.47. The molecule has 1 aromatic heterocycles. The standard InChI is InChI=1S/C18H17BrFN5OS/c1-24(10-13-4-2-3-5-15(13)19)16(26)11-27-18-23-22-17(25(18)21)12-6-8-14(20)9-7-12/h2-9H,10-11,21H2,1H3. The number of thioether (sulfide) groups is 1. The summed E-state index contributed by atoms with van der Waals surface area (Å²) in [5.41, 5.74) is 1.68. The first-order valence-electron chi connectivity index (χ1n) is 8.02. The molecule has 0 unspecified atom stereocenters. The molecule has 1 heterocycles. The van der Waals surface area contributed by atoms with Gasteiger partial charge in [-0.2, -0.15) is 0 Å². The summed E-state index contributed by atoms with van der Waals surface area (Å²) in [4.78, 5) is 14.1. The second-order valence-corrected chi connectivity index (χ2v) is 7.61. The molecule has 27 heavy (non-hydrogen) atoms. The number of carbonyl (C=O) groups excluding carboxylic acids is 1. The Bertz CT molecular complexity index is 947. The first-order valence-corrected chi connectivity index (χ1v) is 9.80. The maximum atomic E-state index is 13.1. The summed E-state index contributed by atoms with van der Waals surface area (Å²) in [6.07, 6.45) is 0.